The summed E-state index contributed by atoms with van der Waals surface area (Å²) in [4.78, 5) is 10.7. The summed E-state index contributed by atoms with van der Waals surface area (Å²) in [5.41, 5.74) is -1.71. The summed E-state index contributed by atoms with van der Waals surface area (Å²) in [6.07, 6.45) is -3.49. The molecule has 0 radical (unpaired) electrons. The van der Waals surface area contributed by atoms with Crippen molar-refractivity contribution in [3.8, 4) is 0 Å². The SMILES string of the molecule is O=C(O)c1cc2[nH]ncc2cc1C(F)(F)F. The highest BCUT2D eigenvalue weighted by atomic mass is 19.4. The fourth-order valence-corrected chi connectivity index (χ4v) is 1.40. The highest BCUT2D eigenvalue weighted by Crippen LogP contribution is 2.34. The predicted molar refractivity (Wildman–Crippen MR) is 48.1 cm³/mol. The molecular weight excluding hydrogens is 225 g/mol. The van der Waals surface area contributed by atoms with E-state index in [2.05, 4.69) is 10.2 Å². The molecule has 84 valence electrons. The number of hydrogen-bond donors (Lipinski definition) is 2. The first-order valence-electron chi connectivity index (χ1n) is 4.17. The van der Waals surface area contributed by atoms with Crippen LogP contribution in [0, 0.1) is 0 Å². The molecule has 0 bridgehead atoms. The number of alkyl halides is 3. The van der Waals surface area contributed by atoms with Gasteiger partial charge >= 0.3 is 12.1 Å². The van der Waals surface area contributed by atoms with Gasteiger partial charge in [-0.1, -0.05) is 0 Å². The molecule has 0 saturated carbocycles. The molecule has 1 heterocycles. The number of aromatic carboxylic acids is 1. The molecule has 1 aromatic carbocycles. The van der Waals surface area contributed by atoms with Gasteiger partial charge in [-0.05, 0) is 12.1 Å². The molecule has 0 atom stereocenters. The molecule has 0 amide bonds. The zero-order valence-corrected chi connectivity index (χ0v) is 7.67. The van der Waals surface area contributed by atoms with Gasteiger partial charge in [-0.3, -0.25) is 5.10 Å². The topological polar surface area (TPSA) is 66.0 Å². The van der Waals surface area contributed by atoms with Gasteiger partial charge in [-0.25, -0.2) is 4.79 Å². The van der Waals surface area contributed by atoms with Crippen molar-refractivity contribution in [3.05, 3.63) is 29.5 Å². The number of H-pyrrole nitrogens is 1. The predicted octanol–water partition coefficient (Wildman–Crippen LogP) is 2.28. The Morgan fingerprint density at radius 2 is 2.06 bits per heavy atom. The summed E-state index contributed by atoms with van der Waals surface area (Å²) in [6.45, 7) is 0. The van der Waals surface area contributed by atoms with E-state index >= 15 is 0 Å². The average Bonchev–Trinajstić information content (AvgIpc) is 2.60. The maximum absolute atomic E-state index is 12.5. The number of carboxylic acids is 1. The number of fused-ring (bicyclic) bond motifs is 1. The summed E-state index contributed by atoms with van der Waals surface area (Å²) >= 11 is 0. The molecule has 0 aliphatic rings. The molecule has 0 spiro atoms. The summed E-state index contributed by atoms with van der Waals surface area (Å²) in [6, 6.07) is 1.69. The largest absolute Gasteiger partial charge is 0.478 e. The maximum Gasteiger partial charge on any atom is 0.417 e. The lowest BCUT2D eigenvalue weighted by molar-refractivity contribution is -0.138. The van der Waals surface area contributed by atoms with Crippen LogP contribution in [0.5, 0.6) is 0 Å². The van der Waals surface area contributed by atoms with Gasteiger partial charge in [0.05, 0.1) is 22.8 Å². The minimum absolute atomic E-state index is 0.220. The molecule has 16 heavy (non-hydrogen) atoms. The molecule has 0 unspecified atom stereocenters. The number of hydrogen-bond acceptors (Lipinski definition) is 2. The van der Waals surface area contributed by atoms with E-state index in [-0.39, 0.29) is 10.9 Å². The van der Waals surface area contributed by atoms with E-state index in [0.717, 1.165) is 12.1 Å². The van der Waals surface area contributed by atoms with Crippen LogP contribution < -0.4 is 0 Å². The van der Waals surface area contributed by atoms with Crippen LogP contribution in [0.2, 0.25) is 0 Å². The number of carboxylic acid groups (broad SMARTS) is 1. The van der Waals surface area contributed by atoms with Gasteiger partial charge in [0.25, 0.3) is 0 Å². The highest BCUT2D eigenvalue weighted by Gasteiger charge is 2.35. The van der Waals surface area contributed by atoms with Crippen molar-refractivity contribution in [3.63, 3.8) is 0 Å². The fraction of sp³-hybridized carbons (Fsp3) is 0.111. The fourth-order valence-electron chi connectivity index (χ4n) is 1.40. The highest BCUT2D eigenvalue weighted by molar-refractivity contribution is 5.95. The third kappa shape index (κ3) is 1.60. The quantitative estimate of drug-likeness (QED) is 0.789. The van der Waals surface area contributed by atoms with Crippen molar-refractivity contribution >= 4 is 16.9 Å². The van der Waals surface area contributed by atoms with Crippen molar-refractivity contribution < 1.29 is 23.1 Å². The van der Waals surface area contributed by atoms with Crippen LogP contribution in [-0.2, 0) is 6.18 Å². The first-order chi connectivity index (χ1) is 7.39. The van der Waals surface area contributed by atoms with Gasteiger partial charge in [0.1, 0.15) is 0 Å². The molecule has 4 nitrogen and oxygen atoms in total. The molecule has 2 N–H and O–H groups in total. The monoisotopic (exact) mass is 230 g/mol. The van der Waals surface area contributed by atoms with Gasteiger partial charge in [-0.2, -0.15) is 18.3 Å². The van der Waals surface area contributed by atoms with E-state index in [9.17, 15) is 18.0 Å². The minimum Gasteiger partial charge on any atom is -0.478 e. The average molecular weight is 230 g/mol. The van der Waals surface area contributed by atoms with E-state index < -0.39 is 23.3 Å². The van der Waals surface area contributed by atoms with Crippen LogP contribution in [0.15, 0.2) is 18.3 Å². The Kier molecular flexibility index (Phi) is 2.11. The molecule has 0 saturated heterocycles. The Labute approximate surface area is 86.7 Å². The van der Waals surface area contributed by atoms with Gasteiger partial charge in [0.15, 0.2) is 0 Å². The first-order valence-corrected chi connectivity index (χ1v) is 4.17. The van der Waals surface area contributed by atoms with Crippen molar-refractivity contribution in [2.75, 3.05) is 0 Å². The normalized spacial score (nSPS) is 11.9. The smallest absolute Gasteiger partial charge is 0.417 e. The van der Waals surface area contributed by atoms with Crippen molar-refractivity contribution in [2.45, 2.75) is 6.18 Å². The van der Waals surface area contributed by atoms with E-state index in [1.165, 1.54) is 6.20 Å². The van der Waals surface area contributed by atoms with Crippen LogP contribution in [0.3, 0.4) is 0 Å². The summed E-state index contributed by atoms with van der Waals surface area (Å²) in [5.74, 6) is -1.62. The van der Waals surface area contributed by atoms with Crippen LogP contribution in [0.1, 0.15) is 15.9 Å². The zero-order chi connectivity index (χ0) is 11.9. The van der Waals surface area contributed by atoms with Crippen molar-refractivity contribution in [2.24, 2.45) is 0 Å². The molecule has 1 aromatic heterocycles. The molecule has 2 rings (SSSR count). The third-order valence-electron chi connectivity index (χ3n) is 2.11. The lowest BCUT2D eigenvalue weighted by atomic mass is 10.0. The number of halogens is 3. The molecular formula is C9H5F3N2O2. The molecule has 0 aliphatic heterocycles. The molecule has 0 fully saturated rings. The number of benzene rings is 1. The van der Waals surface area contributed by atoms with E-state index in [0.29, 0.717) is 0 Å². The number of nitrogens with one attached hydrogen (secondary N) is 1. The van der Waals surface area contributed by atoms with Gasteiger partial charge < -0.3 is 5.11 Å². The van der Waals surface area contributed by atoms with Gasteiger partial charge in [-0.15, -0.1) is 0 Å². The number of carbonyl (C=O) groups is 1. The first kappa shape index (κ1) is 10.5. The Morgan fingerprint density at radius 1 is 1.38 bits per heavy atom. The van der Waals surface area contributed by atoms with E-state index in [4.69, 9.17) is 5.11 Å². The molecule has 7 heteroatoms. The lowest BCUT2D eigenvalue weighted by Crippen LogP contribution is -2.12. The number of nitrogens with zero attached hydrogens (tertiary/aromatic N) is 1. The van der Waals surface area contributed by atoms with Gasteiger partial charge in [0, 0.05) is 5.39 Å². The third-order valence-corrected chi connectivity index (χ3v) is 2.11. The van der Waals surface area contributed by atoms with E-state index in [1.807, 2.05) is 0 Å². The van der Waals surface area contributed by atoms with Crippen molar-refractivity contribution in [1.29, 1.82) is 0 Å². The standard InChI is InChI=1S/C9H5F3N2O2/c10-9(11,12)6-1-4-3-13-14-7(4)2-5(6)8(15)16/h1-3H,(H,13,14)(H,15,16). The summed E-state index contributed by atoms with van der Waals surface area (Å²) in [7, 11) is 0. The summed E-state index contributed by atoms with van der Waals surface area (Å²) < 4.78 is 37.6. The Hall–Kier alpha value is -2.05. The second-order valence-electron chi connectivity index (χ2n) is 3.16. The Bertz CT molecular complexity index is 559. The Morgan fingerprint density at radius 3 is 2.62 bits per heavy atom. The van der Waals surface area contributed by atoms with Crippen molar-refractivity contribution in [1.82, 2.24) is 10.2 Å². The van der Waals surface area contributed by atoms with Crippen LogP contribution >= 0.6 is 0 Å². The maximum atomic E-state index is 12.5. The molecule has 2 aromatic rings. The van der Waals surface area contributed by atoms with Crippen LogP contribution in [0.4, 0.5) is 13.2 Å². The van der Waals surface area contributed by atoms with E-state index in [1.54, 1.807) is 0 Å². The Balaban J connectivity index is 2.77. The lowest BCUT2D eigenvalue weighted by Gasteiger charge is -2.09. The second kappa shape index (κ2) is 3.22. The van der Waals surface area contributed by atoms with Crippen LogP contribution in [-0.4, -0.2) is 21.3 Å². The van der Waals surface area contributed by atoms with Gasteiger partial charge in [0.2, 0.25) is 0 Å². The minimum atomic E-state index is -4.70. The number of aromatic nitrogens is 2. The second-order valence-corrected chi connectivity index (χ2v) is 3.16. The molecule has 0 aliphatic carbocycles. The number of rotatable bonds is 1. The number of aromatic amines is 1. The summed E-state index contributed by atoms with van der Waals surface area (Å²) in [5, 5.41) is 14.9. The van der Waals surface area contributed by atoms with Crippen LogP contribution in [0.25, 0.3) is 10.9 Å². The zero-order valence-electron chi connectivity index (χ0n) is 7.67.